The summed E-state index contributed by atoms with van der Waals surface area (Å²) in [6, 6.07) is 0. The second kappa shape index (κ2) is 4.83. The van der Waals surface area contributed by atoms with Gasteiger partial charge >= 0.3 is 0 Å². The van der Waals surface area contributed by atoms with Crippen LogP contribution in [0.5, 0.6) is 0 Å². The summed E-state index contributed by atoms with van der Waals surface area (Å²) in [5.41, 5.74) is 0. The van der Waals surface area contributed by atoms with Crippen LogP contribution < -0.4 is 0 Å². The van der Waals surface area contributed by atoms with Crippen LogP contribution in [0.2, 0.25) is 0 Å². The maximum Gasteiger partial charge on any atom is 0.0553 e. The van der Waals surface area contributed by atoms with Crippen molar-refractivity contribution in [1.29, 1.82) is 0 Å². The zero-order valence-electron chi connectivity index (χ0n) is 8.38. The fraction of sp³-hybridized carbons (Fsp3) is 1.00. The predicted molar refractivity (Wildman–Crippen MR) is 49.2 cm³/mol. The lowest BCUT2D eigenvalue weighted by Crippen LogP contribution is -2.29. The topological polar surface area (TPSA) is 18.5 Å². The maximum atomic E-state index is 5.66. The monoisotopic (exact) mass is 172 g/mol. The van der Waals surface area contributed by atoms with Crippen LogP contribution in [0.15, 0.2) is 0 Å². The first-order chi connectivity index (χ1) is 5.72. The Morgan fingerprint density at radius 3 is 2.33 bits per heavy atom. The molecule has 0 unspecified atom stereocenters. The van der Waals surface area contributed by atoms with Crippen molar-refractivity contribution in [1.82, 2.24) is 0 Å². The Kier molecular flexibility index (Phi) is 4.02. The van der Waals surface area contributed by atoms with Crippen LogP contribution in [0, 0.1) is 5.92 Å². The van der Waals surface area contributed by atoms with E-state index in [1.165, 1.54) is 19.3 Å². The van der Waals surface area contributed by atoms with Gasteiger partial charge in [0.1, 0.15) is 0 Å². The highest BCUT2D eigenvalue weighted by Crippen LogP contribution is 2.26. The van der Waals surface area contributed by atoms with E-state index >= 15 is 0 Å². The van der Waals surface area contributed by atoms with Gasteiger partial charge in [-0.05, 0) is 39.0 Å². The molecule has 1 heterocycles. The van der Waals surface area contributed by atoms with E-state index in [0.29, 0.717) is 12.2 Å². The van der Waals surface area contributed by atoms with Crippen LogP contribution in [0.3, 0.4) is 0 Å². The first kappa shape index (κ1) is 10.0. The van der Waals surface area contributed by atoms with Gasteiger partial charge in [0.25, 0.3) is 0 Å². The minimum atomic E-state index is 0.440. The molecule has 2 atom stereocenters. The molecule has 2 nitrogen and oxygen atoms in total. The molecule has 0 radical (unpaired) electrons. The Balaban J connectivity index is 2.24. The maximum absolute atomic E-state index is 5.66. The molecule has 0 saturated carbocycles. The summed E-state index contributed by atoms with van der Waals surface area (Å²) in [5, 5.41) is 0. The molecule has 1 aliphatic rings. The quantitative estimate of drug-likeness (QED) is 0.650. The molecular weight excluding hydrogens is 152 g/mol. The zero-order chi connectivity index (χ0) is 8.97. The van der Waals surface area contributed by atoms with Gasteiger partial charge in [-0.15, -0.1) is 0 Å². The Morgan fingerprint density at radius 1 is 1.25 bits per heavy atom. The number of ether oxygens (including phenoxy) is 2. The van der Waals surface area contributed by atoms with Crippen molar-refractivity contribution in [2.24, 2.45) is 5.92 Å². The van der Waals surface area contributed by atoms with E-state index in [1.54, 1.807) is 7.11 Å². The molecular formula is C10H20O2. The van der Waals surface area contributed by atoms with Gasteiger partial charge in [0.05, 0.1) is 12.2 Å². The van der Waals surface area contributed by atoms with Gasteiger partial charge in [0.15, 0.2) is 0 Å². The summed E-state index contributed by atoms with van der Waals surface area (Å²) in [6.45, 7) is 5.22. The van der Waals surface area contributed by atoms with Crippen molar-refractivity contribution < 1.29 is 9.47 Å². The van der Waals surface area contributed by atoms with Gasteiger partial charge in [0.2, 0.25) is 0 Å². The van der Waals surface area contributed by atoms with Crippen LogP contribution in [0.1, 0.15) is 33.1 Å². The first-order valence-electron chi connectivity index (χ1n) is 4.86. The fourth-order valence-electron chi connectivity index (χ4n) is 2.06. The molecule has 0 aromatic rings. The summed E-state index contributed by atoms with van der Waals surface area (Å²) in [4.78, 5) is 0. The Morgan fingerprint density at radius 2 is 1.83 bits per heavy atom. The predicted octanol–water partition coefficient (Wildman–Crippen LogP) is 2.23. The van der Waals surface area contributed by atoms with Crippen molar-refractivity contribution in [3.63, 3.8) is 0 Å². The van der Waals surface area contributed by atoms with Gasteiger partial charge in [0, 0.05) is 13.7 Å². The minimum absolute atomic E-state index is 0.440. The van der Waals surface area contributed by atoms with E-state index in [2.05, 4.69) is 13.8 Å². The fourth-order valence-corrected chi connectivity index (χ4v) is 2.06. The largest absolute Gasteiger partial charge is 0.385 e. The summed E-state index contributed by atoms with van der Waals surface area (Å²) in [7, 11) is 1.77. The van der Waals surface area contributed by atoms with E-state index in [1.807, 2.05) is 0 Å². The lowest BCUT2D eigenvalue weighted by Gasteiger charge is -2.31. The molecule has 0 N–H and O–H groups in total. The number of rotatable bonds is 3. The summed E-state index contributed by atoms with van der Waals surface area (Å²) in [6.07, 6.45) is 4.47. The van der Waals surface area contributed by atoms with Crippen LogP contribution in [0.4, 0.5) is 0 Å². The van der Waals surface area contributed by atoms with E-state index in [4.69, 9.17) is 9.47 Å². The highest BCUT2D eigenvalue weighted by atomic mass is 16.5. The molecule has 1 rings (SSSR count). The molecule has 12 heavy (non-hydrogen) atoms. The van der Waals surface area contributed by atoms with Crippen LogP contribution in [-0.4, -0.2) is 25.9 Å². The molecule has 1 saturated heterocycles. The third-order valence-electron chi connectivity index (χ3n) is 2.53. The Bertz CT molecular complexity index is 115. The SMILES string of the molecule is COCCC1C[C@H](C)O[C@@H](C)C1. The normalized spacial score (nSPS) is 36.8. The standard InChI is InChI=1S/C10H20O2/c1-8-6-10(4-5-11-3)7-9(2)12-8/h8-10H,4-7H2,1-3H3/t8-,9-/m0/s1. The average molecular weight is 172 g/mol. The minimum Gasteiger partial charge on any atom is -0.385 e. The van der Waals surface area contributed by atoms with E-state index < -0.39 is 0 Å². The molecule has 0 aliphatic carbocycles. The van der Waals surface area contributed by atoms with Crippen molar-refractivity contribution in [3.05, 3.63) is 0 Å². The lowest BCUT2D eigenvalue weighted by molar-refractivity contribution is -0.0563. The van der Waals surface area contributed by atoms with Gasteiger partial charge in [-0.25, -0.2) is 0 Å². The number of hydrogen-bond donors (Lipinski definition) is 0. The molecule has 0 amide bonds. The van der Waals surface area contributed by atoms with Crippen molar-refractivity contribution >= 4 is 0 Å². The van der Waals surface area contributed by atoms with Gasteiger partial charge in [-0.1, -0.05) is 0 Å². The highest BCUT2D eigenvalue weighted by Gasteiger charge is 2.23. The highest BCUT2D eigenvalue weighted by molar-refractivity contribution is 4.73. The number of methoxy groups -OCH3 is 1. The second-order valence-electron chi connectivity index (χ2n) is 3.88. The molecule has 1 fully saturated rings. The second-order valence-corrected chi connectivity index (χ2v) is 3.88. The average Bonchev–Trinajstić information content (AvgIpc) is 1.99. The molecule has 0 aromatic carbocycles. The van der Waals surface area contributed by atoms with E-state index in [9.17, 15) is 0 Å². The third kappa shape index (κ3) is 3.11. The van der Waals surface area contributed by atoms with E-state index in [-0.39, 0.29) is 0 Å². The van der Waals surface area contributed by atoms with Gasteiger partial charge in [-0.2, -0.15) is 0 Å². The van der Waals surface area contributed by atoms with Crippen molar-refractivity contribution in [2.75, 3.05) is 13.7 Å². The lowest BCUT2D eigenvalue weighted by atomic mass is 9.90. The first-order valence-corrected chi connectivity index (χ1v) is 4.86. The van der Waals surface area contributed by atoms with Crippen molar-refractivity contribution in [2.45, 2.75) is 45.3 Å². The summed E-state index contributed by atoms with van der Waals surface area (Å²) < 4.78 is 10.7. The Hall–Kier alpha value is -0.0800. The zero-order valence-corrected chi connectivity index (χ0v) is 8.38. The molecule has 1 aliphatic heterocycles. The number of hydrogen-bond acceptors (Lipinski definition) is 2. The third-order valence-corrected chi connectivity index (χ3v) is 2.53. The van der Waals surface area contributed by atoms with Gasteiger partial charge in [-0.3, -0.25) is 0 Å². The Labute approximate surface area is 75.2 Å². The molecule has 0 aromatic heterocycles. The molecule has 0 spiro atoms. The molecule has 2 heteroatoms. The van der Waals surface area contributed by atoms with Gasteiger partial charge < -0.3 is 9.47 Å². The smallest absolute Gasteiger partial charge is 0.0553 e. The van der Waals surface area contributed by atoms with Crippen molar-refractivity contribution in [3.8, 4) is 0 Å². The summed E-state index contributed by atoms with van der Waals surface area (Å²) in [5.74, 6) is 0.809. The molecule has 72 valence electrons. The summed E-state index contributed by atoms with van der Waals surface area (Å²) >= 11 is 0. The van der Waals surface area contributed by atoms with Crippen LogP contribution >= 0.6 is 0 Å². The van der Waals surface area contributed by atoms with E-state index in [0.717, 1.165) is 12.5 Å². The van der Waals surface area contributed by atoms with Crippen LogP contribution in [0.25, 0.3) is 0 Å². The van der Waals surface area contributed by atoms with Crippen LogP contribution in [-0.2, 0) is 9.47 Å². The molecule has 0 bridgehead atoms.